The number of nitrogens with zero attached hydrogens (tertiary/aromatic N) is 2. The highest BCUT2D eigenvalue weighted by molar-refractivity contribution is 7.13. The summed E-state index contributed by atoms with van der Waals surface area (Å²) in [6, 6.07) is 3.91. The molecule has 18 heavy (non-hydrogen) atoms. The van der Waals surface area contributed by atoms with Crippen molar-refractivity contribution in [3.8, 4) is 10.6 Å². The molecule has 0 radical (unpaired) electrons. The fourth-order valence-electron chi connectivity index (χ4n) is 1.65. The fourth-order valence-corrected chi connectivity index (χ4v) is 2.53. The van der Waals surface area contributed by atoms with Crippen molar-refractivity contribution >= 4 is 17.3 Å². The van der Waals surface area contributed by atoms with E-state index < -0.39 is 11.9 Å². The first-order valence-electron chi connectivity index (χ1n) is 5.62. The topological polar surface area (TPSA) is 63.1 Å². The van der Waals surface area contributed by atoms with Crippen molar-refractivity contribution in [2.24, 2.45) is 0 Å². The number of hydrogen-bond acceptors (Lipinski definition) is 4. The van der Waals surface area contributed by atoms with Gasteiger partial charge in [-0.25, -0.2) is 9.97 Å². The number of carboxylic acid groups (broad SMARTS) is 1. The standard InChI is InChI=1S/C13H14N2O2S/c1-7-4-5-18-11(7)10-6-8(2)14-12(15-10)9(3)13(16)17/h4-6,9H,1-3H3,(H,16,17). The molecular formula is C13H14N2O2S. The molecule has 2 aromatic rings. The highest BCUT2D eigenvalue weighted by Gasteiger charge is 2.18. The van der Waals surface area contributed by atoms with Crippen LogP contribution in [0.15, 0.2) is 17.5 Å². The summed E-state index contributed by atoms with van der Waals surface area (Å²) in [7, 11) is 0. The average Bonchev–Trinajstić information content (AvgIpc) is 2.73. The van der Waals surface area contributed by atoms with Crippen molar-refractivity contribution in [1.82, 2.24) is 9.97 Å². The van der Waals surface area contributed by atoms with Crippen LogP contribution < -0.4 is 0 Å². The van der Waals surface area contributed by atoms with E-state index in [0.717, 1.165) is 21.8 Å². The molecule has 0 aliphatic carbocycles. The monoisotopic (exact) mass is 262 g/mol. The van der Waals surface area contributed by atoms with E-state index in [1.165, 1.54) is 0 Å². The highest BCUT2D eigenvalue weighted by Crippen LogP contribution is 2.28. The lowest BCUT2D eigenvalue weighted by molar-refractivity contribution is -0.138. The van der Waals surface area contributed by atoms with Crippen LogP contribution in [0.25, 0.3) is 10.6 Å². The second-order valence-corrected chi connectivity index (χ2v) is 5.16. The molecule has 0 aliphatic rings. The lowest BCUT2D eigenvalue weighted by Gasteiger charge is -2.08. The van der Waals surface area contributed by atoms with E-state index in [4.69, 9.17) is 5.11 Å². The molecule has 2 heterocycles. The van der Waals surface area contributed by atoms with Gasteiger partial charge in [0.25, 0.3) is 0 Å². The lowest BCUT2D eigenvalue weighted by Crippen LogP contribution is -2.12. The first kappa shape index (κ1) is 12.7. The Morgan fingerprint density at radius 2 is 2.11 bits per heavy atom. The van der Waals surface area contributed by atoms with Gasteiger partial charge < -0.3 is 5.11 Å². The van der Waals surface area contributed by atoms with Gasteiger partial charge in [0.15, 0.2) is 0 Å². The molecule has 0 saturated carbocycles. The maximum Gasteiger partial charge on any atom is 0.313 e. The smallest absolute Gasteiger partial charge is 0.313 e. The van der Waals surface area contributed by atoms with Crippen LogP contribution in [0.3, 0.4) is 0 Å². The molecule has 1 atom stereocenters. The minimum atomic E-state index is -0.908. The maximum absolute atomic E-state index is 11.0. The van der Waals surface area contributed by atoms with E-state index in [9.17, 15) is 4.79 Å². The zero-order valence-corrected chi connectivity index (χ0v) is 11.3. The molecule has 0 amide bonds. The van der Waals surface area contributed by atoms with E-state index in [-0.39, 0.29) is 0 Å². The SMILES string of the molecule is Cc1cc(-c2sccc2C)nc(C(C)C(=O)O)n1. The second-order valence-electron chi connectivity index (χ2n) is 4.25. The Morgan fingerprint density at radius 1 is 1.39 bits per heavy atom. The van der Waals surface area contributed by atoms with Gasteiger partial charge in [-0.15, -0.1) is 11.3 Å². The first-order valence-corrected chi connectivity index (χ1v) is 6.50. The Labute approximate surface area is 109 Å². The predicted octanol–water partition coefficient (Wildman–Crippen LogP) is 3.01. The van der Waals surface area contributed by atoms with Crippen LogP contribution in [0.5, 0.6) is 0 Å². The van der Waals surface area contributed by atoms with Gasteiger partial charge in [-0.3, -0.25) is 4.79 Å². The van der Waals surface area contributed by atoms with Crippen molar-refractivity contribution < 1.29 is 9.90 Å². The van der Waals surface area contributed by atoms with Crippen LogP contribution in [0.4, 0.5) is 0 Å². The molecule has 2 aromatic heterocycles. The Morgan fingerprint density at radius 3 is 2.67 bits per heavy atom. The third-order valence-electron chi connectivity index (χ3n) is 2.72. The second kappa shape index (κ2) is 4.86. The lowest BCUT2D eigenvalue weighted by atomic mass is 10.1. The minimum Gasteiger partial charge on any atom is -0.481 e. The quantitative estimate of drug-likeness (QED) is 0.923. The van der Waals surface area contributed by atoms with Crippen LogP contribution in [0, 0.1) is 13.8 Å². The molecule has 5 heteroatoms. The summed E-state index contributed by atoms with van der Waals surface area (Å²) in [6.45, 7) is 5.47. The molecule has 94 valence electrons. The number of aryl methyl sites for hydroxylation is 2. The predicted molar refractivity (Wildman–Crippen MR) is 70.9 cm³/mol. The van der Waals surface area contributed by atoms with Crippen molar-refractivity contribution in [1.29, 1.82) is 0 Å². The summed E-state index contributed by atoms with van der Waals surface area (Å²) in [6.07, 6.45) is 0. The largest absolute Gasteiger partial charge is 0.481 e. The molecule has 0 aromatic carbocycles. The number of carboxylic acids is 1. The van der Waals surface area contributed by atoms with Gasteiger partial charge in [0.2, 0.25) is 0 Å². The number of aliphatic carboxylic acids is 1. The summed E-state index contributed by atoms with van der Waals surface area (Å²) in [5.74, 6) is -1.23. The van der Waals surface area contributed by atoms with Gasteiger partial charge in [0.05, 0.1) is 10.6 Å². The van der Waals surface area contributed by atoms with Gasteiger partial charge >= 0.3 is 5.97 Å². The van der Waals surface area contributed by atoms with Crippen LogP contribution in [-0.2, 0) is 4.79 Å². The highest BCUT2D eigenvalue weighted by atomic mass is 32.1. The zero-order valence-electron chi connectivity index (χ0n) is 10.5. The number of rotatable bonds is 3. The van der Waals surface area contributed by atoms with Crippen LogP contribution in [0.2, 0.25) is 0 Å². The van der Waals surface area contributed by atoms with Crippen LogP contribution in [0.1, 0.15) is 29.9 Å². The molecule has 2 rings (SSSR count). The van der Waals surface area contributed by atoms with Gasteiger partial charge in [0, 0.05) is 5.69 Å². The van der Waals surface area contributed by atoms with E-state index in [2.05, 4.69) is 9.97 Å². The normalized spacial score (nSPS) is 12.4. The molecule has 0 aliphatic heterocycles. The van der Waals surface area contributed by atoms with E-state index in [1.807, 2.05) is 31.4 Å². The van der Waals surface area contributed by atoms with Crippen LogP contribution >= 0.6 is 11.3 Å². The van der Waals surface area contributed by atoms with Gasteiger partial charge in [0.1, 0.15) is 11.7 Å². The Bertz CT molecular complexity index is 592. The minimum absolute atomic E-state index is 0.366. The number of hydrogen-bond donors (Lipinski definition) is 1. The molecule has 0 bridgehead atoms. The van der Waals surface area contributed by atoms with Crippen molar-refractivity contribution in [2.75, 3.05) is 0 Å². The summed E-state index contributed by atoms with van der Waals surface area (Å²) in [4.78, 5) is 20.7. The van der Waals surface area contributed by atoms with Gasteiger partial charge in [-0.05, 0) is 43.8 Å². The summed E-state index contributed by atoms with van der Waals surface area (Å²) in [5.41, 5.74) is 2.74. The Balaban J connectivity index is 2.51. The zero-order chi connectivity index (χ0) is 13.3. The molecule has 0 spiro atoms. The number of thiophene rings is 1. The third kappa shape index (κ3) is 2.41. The Kier molecular flexibility index (Phi) is 3.43. The number of carbonyl (C=O) groups is 1. The maximum atomic E-state index is 11.0. The van der Waals surface area contributed by atoms with Crippen molar-refractivity contribution in [2.45, 2.75) is 26.7 Å². The van der Waals surface area contributed by atoms with Crippen LogP contribution in [-0.4, -0.2) is 21.0 Å². The van der Waals surface area contributed by atoms with E-state index in [1.54, 1.807) is 18.3 Å². The van der Waals surface area contributed by atoms with Crippen molar-refractivity contribution in [3.05, 3.63) is 34.6 Å². The molecular weight excluding hydrogens is 248 g/mol. The summed E-state index contributed by atoms with van der Waals surface area (Å²) >= 11 is 1.60. The van der Waals surface area contributed by atoms with E-state index in [0.29, 0.717) is 5.82 Å². The summed E-state index contributed by atoms with van der Waals surface area (Å²) < 4.78 is 0. The van der Waals surface area contributed by atoms with Gasteiger partial charge in [-0.2, -0.15) is 0 Å². The summed E-state index contributed by atoms with van der Waals surface area (Å²) in [5, 5.41) is 11.0. The average molecular weight is 262 g/mol. The number of aromatic nitrogens is 2. The Hall–Kier alpha value is -1.75. The molecule has 0 fully saturated rings. The first-order chi connectivity index (χ1) is 8.49. The molecule has 0 saturated heterocycles. The van der Waals surface area contributed by atoms with Crippen molar-refractivity contribution in [3.63, 3.8) is 0 Å². The molecule has 4 nitrogen and oxygen atoms in total. The fraction of sp³-hybridized carbons (Fsp3) is 0.308. The third-order valence-corrected chi connectivity index (χ3v) is 3.76. The molecule has 1 N–H and O–H groups in total. The molecule has 1 unspecified atom stereocenters. The van der Waals surface area contributed by atoms with E-state index >= 15 is 0 Å². The van der Waals surface area contributed by atoms with Gasteiger partial charge in [-0.1, -0.05) is 0 Å².